The van der Waals surface area contributed by atoms with Crippen LogP contribution in [0.2, 0.25) is 0 Å². The number of hydrogen-bond acceptors (Lipinski definition) is 5. The summed E-state index contributed by atoms with van der Waals surface area (Å²) in [6, 6.07) is -0.711. The maximum absolute atomic E-state index is 12.5. The third-order valence-corrected chi connectivity index (χ3v) is 6.43. The van der Waals surface area contributed by atoms with Crippen molar-refractivity contribution in [3.63, 3.8) is 0 Å². The van der Waals surface area contributed by atoms with Crippen molar-refractivity contribution in [2.75, 3.05) is 24.6 Å². The molecular weight excluding hydrogens is 312 g/mol. The second-order valence-electron chi connectivity index (χ2n) is 5.57. The van der Waals surface area contributed by atoms with Crippen molar-refractivity contribution < 1.29 is 19.5 Å². The summed E-state index contributed by atoms with van der Waals surface area (Å²) >= 11 is 2.86. The molecule has 3 rings (SSSR count). The molecule has 0 aromatic heterocycles. The molecule has 21 heavy (non-hydrogen) atoms. The summed E-state index contributed by atoms with van der Waals surface area (Å²) in [6.07, 6.45) is 2.38. The molecule has 2 heterocycles. The van der Waals surface area contributed by atoms with Crippen molar-refractivity contribution in [1.29, 1.82) is 0 Å². The van der Waals surface area contributed by atoms with Gasteiger partial charge in [-0.25, -0.2) is 4.79 Å². The van der Waals surface area contributed by atoms with Crippen LogP contribution in [-0.2, 0) is 9.59 Å². The van der Waals surface area contributed by atoms with Crippen LogP contribution < -0.4 is 0 Å². The maximum Gasteiger partial charge on any atom is 0.327 e. The van der Waals surface area contributed by atoms with E-state index in [1.165, 1.54) is 11.8 Å². The van der Waals surface area contributed by atoms with Gasteiger partial charge in [-0.15, -0.1) is 11.8 Å². The van der Waals surface area contributed by atoms with Crippen LogP contribution in [0.1, 0.15) is 19.3 Å². The fourth-order valence-electron chi connectivity index (χ4n) is 2.77. The number of carboxylic acid groups (broad SMARTS) is 1. The van der Waals surface area contributed by atoms with Crippen LogP contribution in [-0.4, -0.2) is 68.0 Å². The Balaban J connectivity index is 1.62. The molecule has 3 aliphatic rings. The summed E-state index contributed by atoms with van der Waals surface area (Å²) in [6.45, 7) is 1.08. The Bertz CT molecular complexity index is 469. The highest BCUT2D eigenvalue weighted by molar-refractivity contribution is 8.13. The molecule has 8 heteroatoms. The molecule has 1 aliphatic carbocycles. The van der Waals surface area contributed by atoms with Gasteiger partial charge in [0.05, 0.1) is 5.37 Å². The van der Waals surface area contributed by atoms with Gasteiger partial charge in [0.2, 0.25) is 5.91 Å². The van der Waals surface area contributed by atoms with Gasteiger partial charge in [-0.2, -0.15) is 0 Å². The Morgan fingerprint density at radius 1 is 1.33 bits per heavy atom. The minimum absolute atomic E-state index is 0.0160. The van der Waals surface area contributed by atoms with Crippen LogP contribution >= 0.6 is 23.5 Å². The van der Waals surface area contributed by atoms with E-state index < -0.39 is 12.0 Å². The molecule has 0 aromatic carbocycles. The second-order valence-corrected chi connectivity index (χ2v) is 7.76. The number of hydrogen-bond donors (Lipinski definition) is 1. The Kier molecular flexibility index (Phi) is 4.35. The zero-order valence-corrected chi connectivity index (χ0v) is 13.2. The van der Waals surface area contributed by atoms with E-state index >= 15 is 0 Å². The number of nitrogens with zero attached hydrogens (tertiary/aromatic N) is 2. The lowest BCUT2D eigenvalue weighted by Gasteiger charge is -2.28. The molecule has 2 atom stereocenters. The predicted molar refractivity (Wildman–Crippen MR) is 81.3 cm³/mol. The minimum Gasteiger partial charge on any atom is -0.480 e. The van der Waals surface area contributed by atoms with Crippen molar-refractivity contribution in [2.24, 2.45) is 5.92 Å². The van der Waals surface area contributed by atoms with Gasteiger partial charge in [0.1, 0.15) is 6.04 Å². The monoisotopic (exact) mass is 330 g/mol. The first-order chi connectivity index (χ1) is 10.1. The summed E-state index contributed by atoms with van der Waals surface area (Å²) in [5.41, 5.74) is 0. The fourth-order valence-corrected chi connectivity index (χ4v) is 5.27. The lowest BCUT2D eigenvalue weighted by atomic mass is 10.2. The molecule has 2 amide bonds. The van der Waals surface area contributed by atoms with E-state index in [9.17, 15) is 19.5 Å². The molecule has 2 saturated heterocycles. The van der Waals surface area contributed by atoms with Crippen molar-refractivity contribution in [2.45, 2.75) is 30.7 Å². The van der Waals surface area contributed by atoms with E-state index in [0.717, 1.165) is 18.6 Å². The van der Waals surface area contributed by atoms with E-state index in [4.69, 9.17) is 0 Å². The Labute approximate surface area is 131 Å². The molecule has 0 bridgehead atoms. The molecule has 0 aromatic rings. The summed E-state index contributed by atoms with van der Waals surface area (Å²) in [5, 5.41) is 9.34. The van der Waals surface area contributed by atoms with Crippen molar-refractivity contribution in [1.82, 2.24) is 9.80 Å². The van der Waals surface area contributed by atoms with Crippen LogP contribution in [0.15, 0.2) is 0 Å². The average molecular weight is 330 g/mol. The molecule has 0 spiro atoms. The van der Waals surface area contributed by atoms with Crippen molar-refractivity contribution in [3.8, 4) is 0 Å². The van der Waals surface area contributed by atoms with Gasteiger partial charge in [0, 0.05) is 31.0 Å². The first kappa shape index (κ1) is 15.0. The third-order valence-electron chi connectivity index (χ3n) is 4.07. The predicted octanol–water partition coefficient (Wildman–Crippen LogP) is 1.31. The van der Waals surface area contributed by atoms with Gasteiger partial charge in [-0.05, 0) is 18.8 Å². The van der Waals surface area contributed by atoms with Crippen LogP contribution in [0.25, 0.3) is 0 Å². The Morgan fingerprint density at radius 3 is 2.67 bits per heavy atom. The van der Waals surface area contributed by atoms with E-state index in [2.05, 4.69) is 0 Å². The van der Waals surface area contributed by atoms with Crippen molar-refractivity contribution in [3.05, 3.63) is 0 Å². The smallest absolute Gasteiger partial charge is 0.327 e. The van der Waals surface area contributed by atoms with Crippen LogP contribution in [0.3, 0.4) is 0 Å². The van der Waals surface area contributed by atoms with Crippen LogP contribution in [0, 0.1) is 5.92 Å². The van der Waals surface area contributed by atoms with E-state index in [1.807, 2.05) is 0 Å². The highest BCUT2D eigenvalue weighted by Crippen LogP contribution is 2.45. The highest BCUT2D eigenvalue weighted by atomic mass is 32.2. The lowest BCUT2D eigenvalue weighted by Crippen LogP contribution is -2.47. The zero-order chi connectivity index (χ0) is 15.0. The first-order valence-corrected chi connectivity index (χ1v) is 9.18. The topological polar surface area (TPSA) is 77.9 Å². The number of carbonyl (C=O) groups is 3. The van der Waals surface area contributed by atoms with Crippen LogP contribution in [0.5, 0.6) is 0 Å². The summed E-state index contributed by atoms with van der Waals surface area (Å²) in [7, 11) is 0. The SMILES string of the molecule is O=C(O)C1CSC(C2CC2)N1C(=O)CCN1CCSC1=O. The normalized spacial score (nSPS) is 29.2. The Hall–Kier alpha value is -0.890. The largest absolute Gasteiger partial charge is 0.480 e. The molecule has 6 nitrogen and oxygen atoms in total. The number of aliphatic carboxylic acids is 1. The minimum atomic E-state index is -0.924. The molecule has 116 valence electrons. The Morgan fingerprint density at radius 2 is 2.10 bits per heavy atom. The molecule has 1 N–H and O–H groups in total. The summed E-state index contributed by atoms with van der Waals surface area (Å²) in [5.74, 6) is 0.642. The molecule has 2 aliphatic heterocycles. The summed E-state index contributed by atoms with van der Waals surface area (Å²) in [4.78, 5) is 38.6. The van der Waals surface area contributed by atoms with E-state index in [0.29, 0.717) is 24.8 Å². The van der Waals surface area contributed by atoms with Gasteiger partial charge in [-0.1, -0.05) is 11.8 Å². The maximum atomic E-state index is 12.5. The van der Waals surface area contributed by atoms with Gasteiger partial charge < -0.3 is 14.9 Å². The average Bonchev–Trinajstić information content (AvgIpc) is 3.06. The zero-order valence-electron chi connectivity index (χ0n) is 11.6. The molecular formula is C13H18N2O4S2. The first-order valence-electron chi connectivity index (χ1n) is 7.15. The molecule has 3 fully saturated rings. The second kappa shape index (κ2) is 6.08. The third kappa shape index (κ3) is 3.15. The number of carboxylic acids is 1. The van der Waals surface area contributed by atoms with Gasteiger partial charge >= 0.3 is 5.97 Å². The van der Waals surface area contributed by atoms with Gasteiger partial charge in [-0.3, -0.25) is 9.59 Å². The number of thioether (sulfide) groups is 2. The molecule has 1 saturated carbocycles. The number of carbonyl (C=O) groups excluding carboxylic acids is 2. The van der Waals surface area contributed by atoms with E-state index in [1.54, 1.807) is 21.6 Å². The number of rotatable bonds is 5. The molecule has 0 radical (unpaired) electrons. The summed E-state index contributed by atoms with van der Waals surface area (Å²) < 4.78 is 0. The highest BCUT2D eigenvalue weighted by Gasteiger charge is 2.47. The van der Waals surface area contributed by atoms with Gasteiger partial charge in [0.15, 0.2) is 0 Å². The molecule has 2 unspecified atom stereocenters. The van der Waals surface area contributed by atoms with Gasteiger partial charge in [0.25, 0.3) is 5.24 Å². The fraction of sp³-hybridized carbons (Fsp3) is 0.769. The quantitative estimate of drug-likeness (QED) is 0.819. The lowest BCUT2D eigenvalue weighted by molar-refractivity contribution is -0.149. The van der Waals surface area contributed by atoms with E-state index in [-0.39, 0.29) is 22.9 Å². The number of amides is 2. The standard InChI is InChI=1S/C13H18N2O4S2/c16-10(3-4-14-5-6-20-13(14)19)15-9(12(17)18)7-21-11(15)8-1-2-8/h8-9,11H,1-7H2,(H,17,18). The van der Waals surface area contributed by atoms with Crippen LogP contribution in [0.4, 0.5) is 4.79 Å². The van der Waals surface area contributed by atoms with Crippen molar-refractivity contribution >= 4 is 40.6 Å².